The van der Waals surface area contributed by atoms with Crippen LogP contribution in [0.4, 0.5) is 4.39 Å². The van der Waals surface area contributed by atoms with Crippen LogP contribution in [0.15, 0.2) is 61.1 Å². The molecule has 2 aromatic heterocycles. The van der Waals surface area contributed by atoms with Gasteiger partial charge in [-0.3, -0.25) is 14.4 Å². The minimum atomic E-state index is -0.640. The lowest BCUT2D eigenvalue weighted by Gasteiger charge is -2.39. The van der Waals surface area contributed by atoms with E-state index in [1.54, 1.807) is 45.9 Å². The van der Waals surface area contributed by atoms with Crippen molar-refractivity contribution in [3.05, 3.63) is 83.6 Å². The number of halogens is 1. The Kier molecular flexibility index (Phi) is 8.26. The highest BCUT2D eigenvalue weighted by Crippen LogP contribution is 2.29. The van der Waals surface area contributed by atoms with Gasteiger partial charge < -0.3 is 29.7 Å². The van der Waals surface area contributed by atoms with Crippen LogP contribution in [0.2, 0.25) is 0 Å². The molecule has 0 spiro atoms. The van der Waals surface area contributed by atoms with Gasteiger partial charge >= 0.3 is 0 Å². The van der Waals surface area contributed by atoms with Crippen LogP contribution in [0.5, 0.6) is 17.2 Å². The second-order valence-corrected chi connectivity index (χ2v) is 10.7. The summed E-state index contributed by atoms with van der Waals surface area (Å²) in [5.41, 5.74) is 2.33. The molecular weight excluding hydrogens is 571 g/mol. The maximum atomic E-state index is 14.6. The van der Waals surface area contributed by atoms with Crippen LogP contribution in [0, 0.1) is 5.82 Å². The van der Waals surface area contributed by atoms with Gasteiger partial charge in [-0.1, -0.05) is 6.07 Å². The van der Waals surface area contributed by atoms with E-state index in [0.717, 1.165) is 5.56 Å². The fraction of sp³-hybridized carbons (Fsp3) is 0.323. The molecule has 6 rings (SSSR count). The van der Waals surface area contributed by atoms with E-state index >= 15 is 0 Å². The molecule has 1 fully saturated rings. The van der Waals surface area contributed by atoms with Crippen LogP contribution in [-0.4, -0.2) is 76.2 Å². The van der Waals surface area contributed by atoms with Gasteiger partial charge in [-0.05, 0) is 53.9 Å². The Labute approximate surface area is 252 Å². The van der Waals surface area contributed by atoms with Crippen molar-refractivity contribution in [3.63, 3.8) is 0 Å². The topological polar surface area (TPSA) is 136 Å². The number of hydrogen-bond donors (Lipinski definition) is 2. The lowest BCUT2D eigenvalue weighted by atomic mass is 10.0. The molecule has 2 atom stereocenters. The van der Waals surface area contributed by atoms with E-state index in [1.807, 2.05) is 6.07 Å². The Morgan fingerprint density at radius 2 is 1.95 bits per heavy atom. The summed E-state index contributed by atoms with van der Waals surface area (Å²) in [4.78, 5) is 45.0. The Bertz CT molecular complexity index is 1710. The molecule has 228 valence electrons. The predicted molar refractivity (Wildman–Crippen MR) is 155 cm³/mol. The summed E-state index contributed by atoms with van der Waals surface area (Å²) < 4.78 is 33.6. The number of carbonyl (C=O) groups excluding carboxylic acids is 3. The summed E-state index contributed by atoms with van der Waals surface area (Å²) in [5, 5.41) is 9.85. The molecule has 0 unspecified atom stereocenters. The van der Waals surface area contributed by atoms with Gasteiger partial charge in [-0.25, -0.2) is 13.9 Å². The normalized spacial score (nSPS) is 19.4. The zero-order valence-corrected chi connectivity index (χ0v) is 24.0. The van der Waals surface area contributed by atoms with E-state index in [1.165, 1.54) is 25.6 Å². The fourth-order valence-corrected chi connectivity index (χ4v) is 5.42. The largest absolute Gasteiger partial charge is 0.493 e. The molecular formula is C31H31FN6O6. The summed E-state index contributed by atoms with van der Waals surface area (Å²) in [6.07, 6.45) is 3.48. The van der Waals surface area contributed by atoms with E-state index in [0.29, 0.717) is 47.7 Å². The number of fused-ring (bicyclic) bond motifs is 6. The van der Waals surface area contributed by atoms with Crippen molar-refractivity contribution in [3.8, 4) is 17.2 Å². The average Bonchev–Trinajstić information content (AvgIpc) is 3.50. The second kappa shape index (κ2) is 12.6. The number of nitrogens with one attached hydrogen (secondary N) is 2. The molecule has 0 radical (unpaired) electrons. The van der Waals surface area contributed by atoms with Crippen molar-refractivity contribution >= 4 is 23.4 Å². The minimum Gasteiger partial charge on any atom is -0.493 e. The highest BCUT2D eigenvalue weighted by Gasteiger charge is 2.35. The van der Waals surface area contributed by atoms with E-state index in [-0.39, 0.29) is 43.7 Å². The van der Waals surface area contributed by atoms with Crippen LogP contribution in [0.3, 0.4) is 0 Å². The Morgan fingerprint density at radius 3 is 2.82 bits per heavy atom. The first-order valence-electron chi connectivity index (χ1n) is 14.2. The van der Waals surface area contributed by atoms with E-state index < -0.39 is 23.9 Å². The number of carbonyl (C=O) groups is 3. The molecule has 1 saturated heterocycles. The molecule has 0 aliphatic carbocycles. The maximum Gasteiger partial charge on any atom is 0.258 e. The number of pyridine rings is 1. The number of rotatable bonds is 2. The summed E-state index contributed by atoms with van der Waals surface area (Å²) >= 11 is 0. The molecule has 4 bridgehead atoms. The Morgan fingerprint density at radius 1 is 1.07 bits per heavy atom. The number of nitrogens with zero attached hydrogens (tertiary/aromatic N) is 4. The van der Waals surface area contributed by atoms with E-state index in [9.17, 15) is 18.8 Å². The van der Waals surface area contributed by atoms with E-state index in [4.69, 9.17) is 14.2 Å². The van der Waals surface area contributed by atoms with Gasteiger partial charge in [0.25, 0.3) is 11.8 Å². The Hall–Kier alpha value is -5.20. The number of ether oxygens (including phenoxy) is 3. The number of aryl methyl sites for hydroxylation is 1. The highest BCUT2D eigenvalue weighted by molar-refractivity contribution is 5.95. The standard InChI is InChI=1S/C31H31FN6O6/c1-42-26-4-2-19-3-5-29(39)33-15-20-10-22(32)14-23(11-20)44-25-7-8-37(16-24(25)36-30(40)17-43-27(26)12-19)31(41)21-6-9-38-28(13-21)34-18-35-38/h2,4,6,9-14,18,24-25H,3,5,7-8,15-17H2,1H3,(H,33,39)(H,36,40)/t24-,25-/m1/s1. The zero-order chi connectivity index (χ0) is 30.6. The first-order chi connectivity index (χ1) is 21.3. The molecule has 4 aromatic rings. The SMILES string of the molecule is COc1ccc2cc1OCC(=O)N[C@@H]1CN(C(=O)c3ccn4ncnc4c3)CC[C@H]1Oc1cc(F)cc(c1)CNC(=O)CC2. The second-order valence-electron chi connectivity index (χ2n) is 10.7. The molecule has 44 heavy (non-hydrogen) atoms. The van der Waals surface area contributed by atoms with Crippen LogP contribution >= 0.6 is 0 Å². The molecule has 2 aliphatic heterocycles. The third kappa shape index (κ3) is 6.56. The first kappa shape index (κ1) is 28.9. The highest BCUT2D eigenvalue weighted by atomic mass is 19.1. The summed E-state index contributed by atoms with van der Waals surface area (Å²) in [5.74, 6) is -0.314. The zero-order valence-electron chi connectivity index (χ0n) is 24.0. The molecule has 4 heterocycles. The summed E-state index contributed by atoms with van der Waals surface area (Å²) in [7, 11) is 1.50. The number of likely N-dealkylation sites (tertiary alicyclic amines) is 1. The average molecular weight is 603 g/mol. The first-order valence-corrected chi connectivity index (χ1v) is 14.2. The number of methoxy groups -OCH3 is 1. The maximum absolute atomic E-state index is 14.6. The van der Waals surface area contributed by atoms with Gasteiger partial charge in [-0.15, -0.1) is 0 Å². The smallest absolute Gasteiger partial charge is 0.258 e. The van der Waals surface area contributed by atoms with Crippen molar-refractivity contribution in [1.82, 2.24) is 30.1 Å². The number of hydrogen-bond acceptors (Lipinski definition) is 8. The lowest BCUT2D eigenvalue weighted by Crippen LogP contribution is -2.58. The van der Waals surface area contributed by atoms with Gasteiger partial charge in [0.1, 0.15) is 24.0 Å². The van der Waals surface area contributed by atoms with Crippen LogP contribution in [-0.2, 0) is 22.6 Å². The van der Waals surface area contributed by atoms with Crippen LogP contribution < -0.4 is 24.8 Å². The van der Waals surface area contributed by atoms with Crippen molar-refractivity contribution in [1.29, 1.82) is 0 Å². The number of amides is 3. The van der Waals surface area contributed by atoms with Gasteiger partial charge in [-0.2, -0.15) is 5.10 Å². The number of aromatic nitrogens is 3. The predicted octanol–water partition coefficient (Wildman–Crippen LogP) is 2.30. The monoisotopic (exact) mass is 602 g/mol. The molecule has 0 saturated carbocycles. The van der Waals surface area contributed by atoms with Gasteiger partial charge in [0.15, 0.2) is 23.8 Å². The number of benzene rings is 2. The van der Waals surface area contributed by atoms with Crippen molar-refractivity contribution < 1.29 is 33.0 Å². The molecule has 3 amide bonds. The van der Waals surface area contributed by atoms with Gasteiger partial charge in [0.2, 0.25) is 5.91 Å². The number of piperidine rings is 1. The molecule has 2 aromatic carbocycles. The molecule has 12 nitrogen and oxygen atoms in total. The van der Waals surface area contributed by atoms with Crippen LogP contribution in [0.25, 0.3) is 5.65 Å². The fourth-order valence-electron chi connectivity index (χ4n) is 5.42. The third-order valence-corrected chi connectivity index (χ3v) is 7.65. The van der Waals surface area contributed by atoms with Gasteiger partial charge in [0, 0.05) is 50.3 Å². The van der Waals surface area contributed by atoms with Crippen molar-refractivity contribution in [2.24, 2.45) is 0 Å². The molecule has 2 N–H and O–H groups in total. The summed E-state index contributed by atoms with van der Waals surface area (Å²) in [6, 6.07) is 12.2. The van der Waals surface area contributed by atoms with E-state index in [2.05, 4.69) is 20.7 Å². The Balaban J connectivity index is 1.27. The van der Waals surface area contributed by atoms with Gasteiger partial charge in [0.05, 0.1) is 13.2 Å². The van der Waals surface area contributed by atoms with Crippen molar-refractivity contribution in [2.45, 2.75) is 38.0 Å². The quantitative estimate of drug-likeness (QED) is 0.357. The molecule has 2 aliphatic rings. The third-order valence-electron chi connectivity index (χ3n) is 7.65. The minimum absolute atomic E-state index is 0.118. The molecule has 13 heteroatoms. The lowest BCUT2D eigenvalue weighted by molar-refractivity contribution is -0.125. The van der Waals surface area contributed by atoms with Crippen molar-refractivity contribution in [2.75, 3.05) is 26.8 Å². The van der Waals surface area contributed by atoms with Crippen LogP contribution in [0.1, 0.15) is 34.3 Å². The summed E-state index contributed by atoms with van der Waals surface area (Å²) in [6.45, 7) is 0.273.